The van der Waals surface area contributed by atoms with Gasteiger partial charge in [0.1, 0.15) is 11.9 Å². The van der Waals surface area contributed by atoms with Crippen LogP contribution < -0.4 is 10.1 Å². The van der Waals surface area contributed by atoms with Gasteiger partial charge in [-0.2, -0.15) is 5.26 Å². The third kappa shape index (κ3) is 3.09. The molecule has 1 N–H and O–H groups in total. The van der Waals surface area contributed by atoms with Crippen LogP contribution in [-0.4, -0.2) is 28.6 Å². The molecule has 0 atom stereocenters. The molecule has 3 rings (SSSR count). The van der Waals surface area contributed by atoms with Gasteiger partial charge in [0.2, 0.25) is 0 Å². The van der Waals surface area contributed by atoms with E-state index in [2.05, 4.69) is 31.8 Å². The van der Waals surface area contributed by atoms with E-state index in [9.17, 15) is 10.1 Å². The number of carbonyl (C=O) groups is 1. The van der Waals surface area contributed by atoms with E-state index in [0.717, 1.165) is 29.9 Å². The molecule has 0 bridgehead atoms. The maximum atomic E-state index is 12.2. The Morgan fingerprint density at radius 3 is 2.60 bits per heavy atom. The predicted molar refractivity (Wildman–Crippen MR) is 96.3 cm³/mol. The largest absolute Gasteiger partial charge is 0.490 e. The zero-order valence-electron chi connectivity index (χ0n) is 15.3. The van der Waals surface area contributed by atoms with Crippen molar-refractivity contribution in [3.8, 4) is 11.8 Å². The van der Waals surface area contributed by atoms with Crippen molar-refractivity contribution in [3.05, 3.63) is 41.6 Å². The van der Waals surface area contributed by atoms with Gasteiger partial charge in [0.25, 0.3) is 0 Å². The van der Waals surface area contributed by atoms with Crippen LogP contribution in [0.15, 0.2) is 30.5 Å². The van der Waals surface area contributed by atoms with Crippen LogP contribution in [-0.2, 0) is 0 Å². The molecule has 1 heterocycles. The first-order valence-corrected chi connectivity index (χ1v) is 8.74. The van der Waals surface area contributed by atoms with E-state index in [0.29, 0.717) is 5.56 Å². The molecular formula is C20H25N3O2. The number of urea groups is 1. The average molecular weight is 339 g/mol. The van der Waals surface area contributed by atoms with Crippen molar-refractivity contribution >= 4 is 6.03 Å². The molecule has 2 amide bonds. The van der Waals surface area contributed by atoms with Crippen LogP contribution in [0.2, 0.25) is 0 Å². The van der Waals surface area contributed by atoms with Crippen LogP contribution in [0.5, 0.6) is 5.75 Å². The lowest BCUT2D eigenvalue weighted by Crippen LogP contribution is -2.49. The van der Waals surface area contributed by atoms with Crippen LogP contribution in [0.3, 0.4) is 0 Å². The summed E-state index contributed by atoms with van der Waals surface area (Å²) in [6.07, 6.45) is 1.67. The van der Waals surface area contributed by atoms with E-state index in [1.807, 2.05) is 32.0 Å². The number of nitrogens with one attached hydrogen (secondary N) is 1. The van der Waals surface area contributed by atoms with E-state index in [4.69, 9.17) is 4.74 Å². The Hall–Kier alpha value is -2.48. The van der Waals surface area contributed by atoms with Gasteiger partial charge in [0.15, 0.2) is 0 Å². The third-order valence-corrected chi connectivity index (χ3v) is 5.15. The second-order valence-electron chi connectivity index (χ2n) is 7.75. The first kappa shape index (κ1) is 17.3. The Kier molecular flexibility index (Phi) is 4.24. The minimum Gasteiger partial charge on any atom is -0.490 e. The highest BCUT2D eigenvalue weighted by atomic mass is 16.5. The molecule has 1 saturated heterocycles. The number of carbonyl (C=O) groups excluding carboxylic acids is 1. The van der Waals surface area contributed by atoms with Crippen molar-refractivity contribution in [1.82, 2.24) is 10.2 Å². The van der Waals surface area contributed by atoms with Crippen molar-refractivity contribution in [1.29, 1.82) is 5.26 Å². The summed E-state index contributed by atoms with van der Waals surface area (Å²) in [6.45, 7) is 12.1. The molecule has 1 aromatic rings. The molecule has 2 fully saturated rings. The number of rotatable bonds is 4. The molecule has 0 spiro atoms. The summed E-state index contributed by atoms with van der Waals surface area (Å²) in [5.74, 6) is 1.06. The van der Waals surface area contributed by atoms with Gasteiger partial charge in [-0.25, -0.2) is 4.79 Å². The molecule has 0 unspecified atom stereocenters. The molecule has 5 nitrogen and oxygen atoms in total. The van der Waals surface area contributed by atoms with E-state index in [1.165, 1.54) is 0 Å². The molecule has 5 heteroatoms. The van der Waals surface area contributed by atoms with Crippen LogP contribution in [0.4, 0.5) is 4.79 Å². The van der Waals surface area contributed by atoms with Crippen molar-refractivity contribution in [3.63, 3.8) is 0 Å². The number of ether oxygens (including phenoxy) is 1. The Morgan fingerprint density at radius 2 is 2.08 bits per heavy atom. The molecule has 0 radical (unpaired) electrons. The summed E-state index contributed by atoms with van der Waals surface area (Å²) >= 11 is 0. The number of amides is 2. The van der Waals surface area contributed by atoms with Crippen molar-refractivity contribution < 1.29 is 9.53 Å². The summed E-state index contributed by atoms with van der Waals surface area (Å²) in [7, 11) is 0. The summed E-state index contributed by atoms with van der Waals surface area (Å²) < 4.78 is 6.06. The monoisotopic (exact) mass is 339 g/mol. The minimum atomic E-state index is -0.387. The fourth-order valence-electron chi connectivity index (χ4n) is 3.44. The Bertz CT molecular complexity index is 755. The molecule has 132 valence electrons. The quantitative estimate of drug-likeness (QED) is 0.904. The molecule has 1 saturated carbocycles. The number of hydrogen-bond acceptors (Lipinski definition) is 3. The maximum Gasteiger partial charge on any atom is 0.322 e. The highest BCUT2D eigenvalue weighted by Gasteiger charge is 2.47. The lowest BCUT2D eigenvalue weighted by atomic mass is 9.87. The summed E-state index contributed by atoms with van der Waals surface area (Å²) in [6, 6.07) is 7.93. The van der Waals surface area contributed by atoms with Crippen LogP contribution in [0, 0.1) is 11.3 Å². The SMILES string of the molecule is C=C1N([C@H]2C[C@@H](Oc3ccc(C#N)c(C(C)C)c3)C2)C(=O)NC1(C)C. The van der Waals surface area contributed by atoms with Gasteiger partial charge in [0, 0.05) is 24.6 Å². The highest BCUT2D eigenvalue weighted by Crippen LogP contribution is 2.37. The fourth-order valence-corrected chi connectivity index (χ4v) is 3.44. The number of benzene rings is 1. The van der Waals surface area contributed by atoms with Crippen molar-refractivity contribution in [2.24, 2.45) is 0 Å². The minimum absolute atomic E-state index is 0.0704. The predicted octanol–water partition coefficient (Wildman–Crippen LogP) is 3.91. The van der Waals surface area contributed by atoms with Gasteiger partial charge in [0.05, 0.1) is 17.2 Å². The van der Waals surface area contributed by atoms with E-state index in [1.54, 1.807) is 4.90 Å². The van der Waals surface area contributed by atoms with Gasteiger partial charge in [-0.1, -0.05) is 20.4 Å². The van der Waals surface area contributed by atoms with E-state index < -0.39 is 0 Å². The average Bonchev–Trinajstić information content (AvgIpc) is 2.71. The Morgan fingerprint density at radius 1 is 1.40 bits per heavy atom. The summed E-state index contributed by atoms with van der Waals surface area (Å²) in [5, 5.41) is 12.2. The molecular weight excluding hydrogens is 314 g/mol. The molecule has 0 aromatic heterocycles. The van der Waals surface area contributed by atoms with Crippen LogP contribution in [0.25, 0.3) is 0 Å². The fraction of sp³-hybridized carbons (Fsp3) is 0.500. The van der Waals surface area contributed by atoms with Crippen LogP contribution in [0.1, 0.15) is 57.6 Å². The molecule has 1 aliphatic heterocycles. The summed E-state index contributed by atoms with van der Waals surface area (Å²) in [5.41, 5.74) is 2.13. The molecule has 2 aliphatic rings. The van der Waals surface area contributed by atoms with Crippen LogP contribution >= 0.6 is 0 Å². The topological polar surface area (TPSA) is 65.4 Å². The number of nitriles is 1. The standard InChI is InChI=1S/C20H25N3O2/c1-12(2)18-10-16(7-6-14(18)11-21)25-17-8-15(9-17)23-13(3)20(4,5)22-19(23)24/h6-7,10,12,15,17H,3,8-9H2,1-2,4-5H3,(H,22,24)/t15-,17+. The first-order chi connectivity index (χ1) is 11.7. The number of nitrogens with zero attached hydrogens (tertiary/aromatic N) is 2. The molecule has 25 heavy (non-hydrogen) atoms. The second kappa shape index (κ2) is 6.11. The van der Waals surface area contributed by atoms with Gasteiger partial charge in [-0.05, 0) is 43.5 Å². The zero-order chi connectivity index (χ0) is 18.4. The maximum absolute atomic E-state index is 12.2. The second-order valence-corrected chi connectivity index (χ2v) is 7.75. The lowest BCUT2D eigenvalue weighted by Gasteiger charge is -2.41. The summed E-state index contributed by atoms with van der Waals surface area (Å²) in [4.78, 5) is 13.9. The lowest BCUT2D eigenvalue weighted by molar-refractivity contribution is 0.0501. The third-order valence-electron chi connectivity index (χ3n) is 5.15. The molecule has 1 aromatic carbocycles. The van der Waals surface area contributed by atoms with Gasteiger partial charge in [-0.15, -0.1) is 0 Å². The highest BCUT2D eigenvalue weighted by molar-refractivity contribution is 5.82. The number of hydrogen-bond donors (Lipinski definition) is 1. The van der Waals surface area contributed by atoms with E-state index in [-0.39, 0.29) is 29.6 Å². The van der Waals surface area contributed by atoms with Gasteiger partial charge < -0.3 is 10.1 Å². The first-order valence-electron chi connectivity index (χ1n) is 8.74. The van der Waals surface area contributed by atoms with Crippen molar-refractivity contribution in [2.45, 2.75) is 64.1 Å². The van der Waals surface area contributed by atoms with Gasteiger partial charge >= 0.3 is 6.03 Å². The Labute approximate surface area is 149 Å². The van der Waals surface area contributed by atoms with Crippen molar-refractivity contribution in [2.75, 3.05) is 0 Å². The van der Waals surface area contributed by atoms with E-state index >= 15 is 0 Å². The van der Waals surface area contributed by atoms with Gasteiger partial charge in [-0.3, -0.25) is 4.90 Å². The normalized spacial score (nSPS) is 24.7. The Balaban J connectivity index is 1.63. The smallest absolute Gasteiger partial charge is 0.322 e. The zero-order valence-corrected chi connectivity index (χ0v) is 15.3. The molecule has 1 aliphatic carbocycles.